The minimum Gasteiger partial charge on any atom is -0.339 e. The van der Waals surface area contributed by atoms with E-state index < -0.39 is 10.0 Å². The van der Waals surface area contributed by atoms with Crippen LogP contribution in [0.1, 0.15) is 28.8 Å². The maximum atomic E-state index is 12.5. The molecule has 1 amide bonds. The van der Waals surface area contributed by atoms with E-state index in [9.17, 15) is 18.0 Å². The lowest BCUT2D eigenvalue weighted by atomic mass is 9.89. The lowest BCUT2D eigenvalue weighted by Gasteiger charge is -2.30. The van der Waals surface area contributed by atoms with Crippen molar-refractivity contribution in [3.05, 3.63) is 71.8 Å². The van der Waals surface area contributed by atoms with E-state index in [1.807, 2.05) is 30.3 Å². The van der Waals surface area contributed by atoms with Crippen molar-refractivity contribution >= 4 is 33.5 Å². The number of likely N-dealkylation sites (tertiary alicyclic amines) is 1. The fourth-order valence-corrected chi connectivity index (χ4v) is 3.91. The number of nitrogens with one attached hydrogen (secondary N) is 1. The number of carbonyl (C=O) groups is 2. The molecule has 0 atom stereocenters. The Hall–Kier alpha value is -2.93. The molecule has 152 valence electrons. The van der Waals surface area contributed by atoms with E-state index in [1.165, 1.54) is 6.08 Å². The fraction of sp³-hybridized carbons (Fsp3) is 0.273. The minimum atomic E-state index is -3.31. The summed E-state index contributed by atoms with van der Waals surface area (Å²) >= 11 is 0. The molecule has 1 aliphatic rings. The average Bonchev–Trinajstić information content (AvgIpc) is 2.72. The standard InChI is InChI=1S/C22H24N2O4S/c1-29(27,28)23-20-10-7-17(8-11-20)9-12-21(25)24-15-13-19(14-16-24)22(26)18-5-3-2-4-6-18/h2-12,19,23H,13-16H2,1H3/b12-9+. The first kappa shape index (κ1) is 20.8. The number of amides is 1. The van der Waals surface area contributed by atoms with Gasteiger partial charge in [-0.2, -0.15) is 0 Å². The molecular weight excluding hydrogens is 388 g/mol. The third-order valence-electron chi connectivity index (χ3n) is 4.87. The molecule has 0 aliphatic carbocycles. The zero-order chi connectivity index (χ0) is 20.9. The lowest BCUT2D eigenvalue weighted by molar-refractivity contribution is -0.127. The molecule has 3 rings (SSSR count). The predicted octanol–water partition coefficient (Wildman–Crippen LogP) is 3.19. The predicted molar refractivity (Wildman–Crippen MR) is 114 cm³/mol. The van der Waals surface area contributed by atoms with Crippen LogP contribution in [0.3, 0.4) is 0 Å². The Bertz CT molecular complexity index is 991. The van der Waals surface area contributed by atoms with Crippen molar-refractivity contribution < 1.29 is 18.0 Å². The molecule has 0 unspecified atom stereocenters. The van der Waals surface area contributed by atoms with Gasteiger partial charge in [-0.15, -0.1) is 0 Å². The van der Waals surface area contributed by atoms with Gasteiger partial charge in [0.05, 0.1) is 6.26 Å². The summed E-state index contributed by atoms with van der Waals surface area (Å²) in [6.07, 6.45) is 5.64. The van der Waals surface area contributed by atoms with Crippen LogP contribution in [0.2, 0.25) is 0 Å². The van der Waals surface area contributed by atoms with Crippen molar-refractivity contribution in [1.82, 2.24) is 4.90 Å². The average molecular weight is 413 g/mol. The second-order valence-corrected chi connectivity index (χ2v) is 8.91. The van der Waals surface area contributed by atoms with E-state index in [2.05, 4.69) is 4.72 Å². The van der Waals surface area contributed by atoms with Gasteiger partial charge in [0.15, 0.2) is 5.78 Å². The summed E-state index contributed by atoms with van der Waals surface area (Å²) in [4.78, 5) is 26.7. The third kappa shape index (κ3) is 6.02. The molecule has 1 aliphatic heterocycles. The van der Waals surface area contributed by atoms with Gasteiger partial charge >= 0.3 is 0 Å². The lowest BCUT2D eigenvalue weighted by Crippen LogP contribution is -2.39. The van der Waals surface area contributed by atoms with Crippen LogP contribution >= 0.6 is 0 Å². The number of Topliss-reactive ketones (excluding diaryl/α,β-unsaturated/α-hetero) is 1. The molecule has 0 bridgehead atoms. The Morgan fingerprint density at radius 1 is 1.00 bits per heavy atom. The molecule has 0 spiro atoms. The molecule has 29 heavy (non-hydrogen) atoms. The summed E-state index contributed by atoms with van der Waals surface area (Å²) in [5, 5.41) is 0. The Labute approximate surface area is 171 Å². The summed E-state index contributed by atoms with van der Waals surface area (Å²) in [6, 6.07) is 16.0. The van der Waals surface area contributed by atoms with E-state index in [1.54, 1.807) is 35.2 Å². The number of carbonyl (C=O) groups excluding carboxylic acids is 2. The smallest absolute Gasteiger partial charge is 0.246 e. The van der Waals surface area contributed by atoms with Gasteiger partial charge in [0, 0.05) is 36.3 Å². The van der Waals surface area contributed by atoms with Crippen LogP contribution in [-0.4, -0.2) is 44.4 Å². The van der Waals surface area contributed by atoms with E-state index in [4.69, 9.17) is 0 Å². The molecule has 0 aromatic heterocycles. The van der Waals surface area contributed by atoms with E-state index in [-0.39, 0.29) is 17.6 Å². The SMILES string of the molecule is CS(=O)(=O)Nc1ccc(/C=C/C(=O)N2CCC(C(=O)c3ccccc3)CC2)cc1. The molecule has 0 radical (unpaired) electrons. The molecule has 1 saturated heterocycles. The van der Waals surface area contributed by atoms with Gasteiger partial charge in [-0.1, -0.05) is 42.5 Å². The van der Waals surface area contributed by atoms with Crippen LogP contribution in [0.25, 0.3) is 6.08 Å². The summed E-state index contributed by atoms with van der Waals surface area (Å²) in [5.41, 5.74) is 2.00. The number of nitrogens with zero attached hydrogens (tertiary/aromatic N) is 1. The van der Waals surface area contributed by atoms with Crippen molar-refractivity contribution in [2.24, 2.45) is 5.92 Å². The van der Waals surface area contributed by atoms with Crippen molar-refractivity contribution in [2.45, 2.75) is 12.8 Å². The van der Waals surface area contributed by atoms with Gasteiger partial charge in [0.2, 0.25) is 15.9 Å². The fourth-order valence-electron chi connectivity index (χ4n) is 3.35. The van der Waals surface area contributed by atoms with Crippen LogP contribution in [0.15, 0.2) is 60.7 Å². The van der Waals surface area contributed by atoms with E-state index >= 15 is 0 Å². The van der Waals surface area contributed by atoms with Crippen molar-refractivity contribution in [3.8, 4) is 0 Å². The molecule has 1 N–H and O–H groups in total. The molecule has 2 aromatic rings. The number of ketones is 1. The van der Waals surface area contributed by atoms with Crippen molar-refractivity contribution in [1.29, 1.82) is 0 Å². The molecule has 6 nitrogen and oxygen atoms in total. The van der Waals surface area contributed by atoms with E-state index in [0.717, 1.165) is 17.4 Å². The van der Waals surface area contributed by atoms with Crippen LogP contribution < -0.4 is 4.72 Å². The van der Waals surface area contributed by atoms with Crippen LogP contribution in [0.4, 0.5) is 5.69 Å². The monoisotopic (exact) mass is 412 g/mol. The second kappa shape index (κ2) is 9.05. The quantitative estimate of drug-likeness (QED) is 0.583. The highest BCUT2D eigenvalue weighted by Crippen LogP contribution is 2.22. The zero-order valence-corrected chi connectivity index (χ0v) is 17.1. The van der Waals surface area contributed by atoms with Gasteiger partial charge in [0.1, 0.15) is 0 Å². The zero-order valence-electron chi connectivity index (χ0n) is 16.2. The number of anilines is 1. The topological polar surface area (TPSA) is 83.6 Å². The van der Waals surface area contributed by atoms with Crippen LogP contribution in [-0.2, 0) is 14.8 Å². The highest BCUT2D eigenvalue weighted by Gasteiger charge is 2.27. The molecular formula is C22H24N2O4S. The Kier molecular flexibility index (Phi) is 6.49. The molecule has 7 heteroatoms. The number of sulfonamides is 1. The first-order chi connectivity index (χ1) is 13.8. The summed E-state index contributed by atoms with van der Waals surface area (Å²) in [7, 11) is -3.31. The second-order valence-electron chi connectivity index (χ2n) is 7.16. The molecule has 0 saturated carbocycles. The van der Waals surface area contributed by atoms with Gasteiger partial charge in [-0.05, 0) is 36.6 Å². The number of benzene rings is 2. The van der Waals surface area contributed by atoms with E-state index in [0.29, 0.717) is 31.6 Å². The van der Waals surface area contributed by atoms with Crippen molar-refractivity contribution in [3.63, 3.8) is 0 Å². The Morgan fingerprint density at radius 3 is 2.21 bits per heavy atom. The van der Waals surface area contributed by atoms with Crippen molar-refractivity contribution in [2.75, 3.05) is 24.1 Å². The third-order valence-corrected chi connectivity index (χ3v) is 5.47. The molecule has 2 aromatic carbocycles. The van der Waals surface area contributed by atoms with Crippen LogP contribution in [0.5, 0.6) is 0 Å². The van der Waals surface area contributed by atoms with Crippen LogP contribution in [0, 0.1) is 5.92 Å². The van der Waals surface area contributed by atoms with Gasteiger partial charge in [0.25, 0.3) is 0 Å². The maximum Gasteiger partial charge on any atom is 0.246 e. The summed E-state index contributed by atoms with van der Waals surface area (Å²) in [6.45, 7) is 1.12. The number of rotatable bonds is 6. The largest absolute Gasteiger partial charge is 0.339 e. The normalized spacial score (nSPS) is 15.4. The van der Waals surface area contributed by atoms with Gasteiger partial charge < -0.3 is 4.90 Å². The highest BCUT2D eigenvalue weighted by atomic mass is 32.2. The number of piperidine rings is 1. The minimum absolute atomic E-state index is 0.0414. The molecule has 1 heterocycles. The first-order valence-electron chi connectivity index (χ1n) is 9.46. The van der Waals surface area contributed by atoms with Gasteiger partial charge in [-0.3, -0.25) is 14.3 Å². The summed E-state index contributed by atoms with van der Waals surface area (Å²) < 4.78 is 24.8. The van der Waals surface area contributed by atoms with Gasteiger partial charge in [-0.25, -0.2) is 8.42 Å². The highest BCUT2D eigenvalue weighted by molar-refractivity contribution is 7.92. The maximum absolute atomic E-state index is 12.5. The number of hydrogen-bond acceptors (Lipinski definition) is 4. The summed E-state index contributed by atoms with van der Waals surface area (Å²) in [5.74, 6) is 0.0188. The molecule has 1 fully saturated rings. The Balaban J connectivity index is 1.52. The first-order valence-corrected chi connectivity index (χ1v) is 11.3. The Morgan fingerprint density at radius 2 is 1.62 bits per heavy atom. The number of hydrogen-bond donors (Lipinski definition) is 1.